The Kier molecular flexibility index (Phi) is 6.29. The first kappa shape index (κ1) is 29.2. The van der Waals surface area contributed by atoms with Crippen LogP contribution in [0.25, 0.3) is 0 Å². The third kappa shape index (κ3) is 3.05. The van der Waals surface area contributed by atoms with E-state index >= 15 is 0 Å². The van der Waals surface area contributed by atoms with E-state index in [4.69, 9.17) is 9.47 Å². The fourth-order valence-corrected chi connectivity index (χ4v) is 13.6. The van der Waals surface area contributed by atoms with Crippen molar-refractivity contribution in [1.29, 1.82) is 0 Å². The topological polar surface area (TPSA) is 38.8 Å². The molecule has 1 amide bonds. The normalized spacial score (nSPS) is 59.1. The standard InChI is InChI=1S/C36H59NO3/c1-11-20-39-27-13-16-32(7)29(4,21-27)15-14-28-30(32,5)18-19-33(8)31(28,6)23-34(9)35(33,10)26(3)36(40-34)17-12-25(2)22-37(36)24-38/h11,24-28H,1,12-23H2,2-10H3/t25-,26-,27-,28+,29-,30-,31-,32-,33-,34-,35+,36-/m0/s1. The van der Waals surface area contributed by atoms with Crippen LogP contribution in [0.4, 0.5) is 0 Å². The molecule has 4 aliphatic carbocycles. The number of piperidine rings is 1. The predicted molar refractivity (Wildman–Crippen MR) is 162 cm³/mol. The fourth-order valence-electron chi connectivity index (χ4n) is 13.6. The summed E-state index contributed by atoms with van der Waals surface area (Å²) in [7, 11) is 0. The van der Waals surface area contributed by atoms with Gasteiger partial charge in [0.25, 0.3) is 0 Å². The largest absolute Gasteiger partial charge is 0.374 e. The molecule has 2 aliphatic heterocycles. The summed E-state index contributed by atoms with van der Waals surface area (Å²) in [5.41, 5.74) is 0.606. The molecule has 0 aromatic carbocycles. The summed E-state index contributed by atoms with van der Waals surface area (Å²) in [6.45, 7) is 28.5. The fraction of sp³-hybridized carbons (Fsp3) is 0.917. The van der Waals surface area contributed by atoms with Crippen molar-refractivity contribution in [3.05, 3.63) is 12.7 Å². The summed E-state index contributed by atoms with van der Waals surface area (Å²) in [5.74, 6) is 1.53. The van der Waals surface area contributed by atoms with E-state index in [1.54, 1.807) is 0 Å². The van der Waals surface area contributed by atoms with E-state index in [1.165, 1.54) is 44.9 Å². The van der Waals surface area contributed by atoms with Crippen LogP contribution in [0, 0.1) is 50.2 Å². The van der Waals surface area contributed by atoms with Gasteiger partial charge in [0, 0.05) is 17.9 Å². The zero-order valence-corrected chi connectivity index (χ0v) is 27.3. The van der Waals surface area contributed by atoms with E-state index in [-0.39, 0.29) is 21.8 Å². The van der Waals surface area contributed by atoms with E-state index in [9.17, 15) is 4.79 Å². The molecule has 0 aromatic rings. The molecule has 2 heterocycles. The van der Waals surface area contributed by atoms with Crippen molar-refractivity contribution in [2.45, 2.75) is 144 Å². The molecule has 0 unspecified atom stereocenters. The number of ether oxygens (including phenoxy) is 2. The molecule has 0 radical (unpaired) electrons. The smallest absolute Gasteiger partial charge is 0.211 e. The second-order valence-electron chi connectivity index (χ2n) is 17.3. The van der Waals surface area contributed by atoms with Gasteiger partial charge in [-0.15, -0.1) is 6.58 Å². The molecule has 6 rings (SSSR count). The van der Waals surface area contributed by atoms with Gasteiger partial charge in [0.15, 0.2) is 0 Å². The molecule has 12 atom stereocenters. The zero-order chi connectivity index (χ0) is 29.2. The van der Waals surface area contributed by atoms with Crippen molar-refractivity contribution in [3.63, 3.8) is 0 Å². The number of hydrogen-bond acceptors (Lipinski definition) is 3. The van der Waals surface area contributed by atoms with Crippen LogP contribution in [0.1, 0.15) is 127 Å². The maximum absolute atomic E-state index is 12.5. The average Bonchev–Trinajstić information content (AvgIpc) is 3.15. The number of carbonyl (C=O) groups excluding carboxylic acids is 1. The molecule has 0 N–H and O–H groups in total. The van der Waals surface area contributed by atoms with E-state index in [0.29, 0.717) is 46.7 Å². The SMILES string of the molecule is C=CCO[C@H]1CC[C@@]2(C)[C@@](C)(CC[C@@H]3[C@]2(C)CC[C@]2(C)[C@@]4(C)[C@H](C)[C@]5(CC[C@H](C)CN5C=O)O[C@@]4(C)C[C@@]32C)C1. The van der Waals surface area contributed by atoms with Crippen molar-refractivity contribution >= 4 is 6.41 Å². The van der Waals surface area contributed by atoms with Gasteiger partial charge >= 0.3 is 0 Å². The third-order valence-corrected chi connectivity index (χ3v) is 16.6. The third-order valence-electron chi connectivity index (χ3n) is 16.6. The quantitative estimate of drug-likeness (QED) is 0.259. The summed E-state index contributed by atoms with van der Waals surface area (Å²) in [4.78, 5) is 14.6. The molecule has 40 heavy (non-hydrogen) atoms. The number of carbonyl (C=O) groups is 1. The van der Waals surface area contributed by atoms with Crippen LogP contribution in [0.2, 0.25) is 0 Å². The highest BCUT2D eigenvalue weighted by Crippen LogP contribution is 2.86. The van der Waals surface area contributed by atoms with Gasteiger partial charge in [-0.3, -0.25) is 4.79 Å². The maximum Gasteiger partial charge on any atom is 0.211 e. The molecule has 6 aliphatic rings. The maximum atomic E-state index is 12.5. The summed E-state index contributed by atoms with van der Waals surface area (Å²) in [6.07, 6.45) is 15.4. The lowest BCUT2D eigenvalue weighted by Gasteiger charge is -2.73. The van der Waals surface area contributed by atoms with Crippen molar-refractivity contribution in [3.8, 4) is 0 Å². The first-order valence-corrected chi connectivity index (χ1v) is 16.7. The number of fused-ring (bicyclic) bond motifs is 7. The Morgan fingerprint density at radius 3 is 2.30 bits per heavy atom. The van der Waals surface area contributed by atoms with Crippen LogP contribution >= 0.6 is 0 Å². The Balaban J connectivity index is 1.38. The number of hydrogen-bond donors (Lipinski definition) is 0. The van der Waals surface area contributed by atoms with Crippen LogP contribution in [-0.4, -0.2) is 41.9 Å². The van der Waals surface area contributed by atoms with Crippen molar-refractivity contribution in [2.75, 3.05) is 13.2 Å². The molecule has 0 aromatic heterocycles. The van der Waals surface area contributed by atoms with Crippen LogP contribution < -0.4 is 0 Å². The van der Waals surface area contributed by atoms with Gasteiger partial charge in [0.05, 0.1) is 18.3 Å². The molecule has 4 saturated carbocycles. The minimum atomic E-state index is -0.455. The van der Waals surface area contributed by atoms with Crippen molar-refractivity contribution in [1.82, 2.24) is 4.90 Å². The van der Waals surface area contributed by atoms with Crippen molar-refractivity contribution in [2.24, 2.45) is 50.2 Å². The minimum Gasteiger partial charge on any atom is -0.374 e. The Labute approximate surface area is 245 Å². The highest BCUT2D eigenvalue weighted by atomic mass is 16.6. The lowest BCUT2D eigenvalue weighted by molar-refractivity contribution is -0.260. The van der Waals surface area contributed by atoms with Gasteiger partial charge in [-0.05, 0) is 110 Å². The van der Waals surface area contributed by atoms with Crippen molar-refractivity contribution < 1.29 is 14.3 Å². The predicted octanol–water partition coefficient (Wildman–Crippen LogP) is 8.40. The monoisotopic (exact) mass is 553 g/mol. The molecule has 226 valence electrons. The number of rotatable bonds is 4. The molecule has 1 spiro atoms. The first-order valence-electron chi connectivity index (χ1n) is 16.7. The second kappa shape index (κ2) is 8.61. The highest BCUT2D eigenvalue weighted by molar-refractivity contribution is 5.50. The van der Waals surface area contributed by atoms with Gasteiger partial charge in [-0.1, -0.05) is 61.5 Å². The van der Waals surface area contributed by atoms with Crippen LogP contribution in [0.15, 0.2) is 12.7 Å². The van der Waals surface area contributed by atoms with E-state index in [0.717, 1.165) is 32.2 Å². The molecular weight excluding hydrogens is 494 g/mol. The Morgan fingerprint density at radius 2 is 1.62 bits per heavy atom. The van der Waals surface area contributed by atoms with Gasteiger partial charge in [-0.2, -0.15) is 0 Å². The Bertz CT molecular complexity index is 1080. The van der Waals surface area contributed by atoms with Gasteiger partial charge in [-0.25, -0.2) is 0 Å². The average molecular weight is 554 g/mol. The summed E-state index contributed by atoms with van der Waals surface area (Å²) < 4.78 is 13.7. The number of nitrogens with zero attached hydrogens (tertiary/aromatic N) is 1. The van der Waals surface area contributed by atoms with Crippen LogP contribution in [0.3, 0.4) is 0 Å². The van der Waals surface area contributed by atoms with E-state index in [2.05, 4.69) is 73.8 Å². The highest BCUT2D eigenvalue weighted by Gasteiger charge is 2.84. The molecule has 4 nitrogen and oxygen atoms in total. The zero-order valence-electron chi connectivity index (χ0n) is 27.3. The summed E-state index contributed by atoms with van der Waals surface area (Å²) >= 11 is 0. The lowest BCUT2D eigenvalue weighted by Crippen LogP contribution is -2.67. The Hall–Kier alpha value is -0.870. The molecule has 6 fully saturated rings. The first-order chi connectivity index (χ1) is 18.6. The molecular formula is C36H59NO3. The Morgan fingerprint density at radius 1 is 0.900 bits per heavy atom. The van der Waals surface area contributed by atoms with E-state index < -0.39 is 5.72 Å². The minimum absolute atomic E-state index is 0.00968. The van der Waals surface area contributed by atoms with E-state index in [1.807, 2.05) is 6.08 Å². The van der Waals surface area contributed by atoms with Gasteiger partial charge in [0.2, 0.25) is 6.41 Å². The van der Waals surface area contributed by atoms with Gasteiger partial charge in [0.1, 0.15) is 5.72 Å². The molecule has 4 heteroatoms. The van der Waals surface area contributed by atoms with Crippen LogP contribution in [-0.2, 0) is 14.3 Å². The molecule has 2 saturated heterocycles. The van der Waals surface area contributed by atoms with Crippen LogP contribution in [0.5, 0.6) is 0 Å². The summed E-state index contributed by atoms with van der Waals surface area (Å²) in [5, 5.41) is 0. The second-order valence-corrected chi connectivity index (χ2v) is 17.3. The van der Waals surface area contributed by atoms with Gasteiger partial charge < -0.3 is 14.4 Å². The summed E-state index contributed by atoms with van der Waals surface area (Å²) in [6, 6.07) is 0. The lowest BCUT2D eigenvalue weighted by atomic mass is 9.31. The molecule has 0 bridgehead atoms. The number of likely N-dealkylation sites (tertiary alicyclic amines) is 1. The number of amides is 1.